The van der Waals surface area contributed by atoms with E-state index in [0.29, 0.717) is 5.56 Å². The van der Waals surface area contributed by atoms with Crippen molar-refractivity contribution in [2.24, 2.45) is 0 Å². The number of aryl methyl sites for hydroxylation is 1. The van der Waals surface area contributed by atoms with Crippen LogP contribution in [0, 0.1) is 25.2 Å². The van der Waals surface area contributed by atoms with Gasteiger partial charge in [0.15, 0.2) is 5.82 Å². The number of fused-ring (bicyclic) bond motifs is 1. The number of ether oxygens (including phenoxy) is 1. The zero-order valence-electron chi connectivity index (χ0n) is 19.7. The summed E-state index contributed by atoms with van der Waals surface area (Å²) in [6.45, 7) is 10.6. The number of benzene rings is 2. The third kappa shape index (κ3) is 3.69. The predicted octanol–water partition coefficient (Wildman–Crippen LogP) is 3.81. The highest BCUT2D eigenvalue weighted by molar-refractivity contribution is 5.95. The predicted molar refractivity (Wildman–Crippen MR) is 131 cm³/mol. The molecule has 0 radical (unpaired) electrons. The lowest BCUT2D eigenvalue weighted by atomic mass is 9.87. The molecule has 0 amide bonds. The van der Waals surface area contributed by atoms with Crippen molar-refractivity contribution in [1.29, 1.82) is 5.26 Å². The van der Waals surface area contributed by atoms with Gasteiger partial charge in [-0.05, 0) is 57.1 Å². The number of aromatic nitrogens is 2. The van der Waals surface area contributed by atoms with Gasteiger partial charge in [-0.25, -0.2) is 0 Å². The first kappa shape index (κ1) is 21.6. The Balaban J connectivity index is 1.44. The van der Waals surface area contributed by atoms with Gasteiger partial charge in [0.2, 0.25) is 0 Å². The molecule has 2 fully saturated rings. The van der Waals surface area contributed by atoms with Gasteiger partial charge in [0.25, 0.3) is 0 Å². The summed E-state index contributed by atoms with van der Waals surface area (Å²) in [5.74, 6) is 0.764. The van der Waals surface area contributed by atoms with Crippen LogP contribution in [0.25, 0.3) is 10.8 Å². The van der Waals surface area contributed by atoms with Gasteiger partial charge in [-0.3, -0.25) is 4.90 Å². The second-order valence-corrected chi connectivity index (χ2v) is 9.42. The fraction of sp³-hybridized carbons (Fsp3) is 0.423. The van der Waals surface area contributed by atoms with E-state index in [0.717, 1.165) is 66.3 Å². The van der Waals surface area contributed by atoms with Crippen molar-refractivity contribution < 1.29 is 4.74 Å². The van der Waals surface area contributed by atoms with Crippen LogP contribution >= 0.6 is 0 Å². The van der Waals surface area contributed by atoms with Crippen LogP contribution in [0.1, 0.15) is 35.3 Å². The minimum Gasteiger partial charge on any atom is -0.378 e. The molecule has 33 heavy (non-hydrogen) atoms. The van der Waals surface area contributed by atoms with Crippen molar-refractivity contribution in [2.45, 2.75) is 32.4 Å². The Kier molecular flexibility index (Phi) is 5.43. The highest BCUT2D eigenvalue weighted by Crippen LogP contribution is 2.37. The lowest BCUT2D eigenvalue weighted by molar-refractivity contribution is -0.0690. The topological polar surface area (TPSA) is 77.3 Å². The van der Waals surface area contributed by atoms with Crippen LogP contribution in [0.4, 0.5) is 11.5 Å². The van der Waals surface area contributed by atoms with E-state index >= 15 is 0 Å². The molecule has 1 aromatic heterocycles. The highest BCUT2D eigenvalue weighted by Gasteiger charge is 2.48. The molecule has 1 N–H and O–H groups in total. The fourth-order valence-electron chi connectivity index (χ4n) is 5.10. The minimum absolute atomic E-state index is 0.0116. The number of hydrogen-bond acceptors (Lipinski definition) is 7. The molecule has 0 bridgehead atoms. The van der Waals surface area contributed by atoms with Gasteiger partial charge in [0.05, 0.1) is 42.1 Å². The van der Waals surface area contributed by atoms with Crippen molar-refractivity contribution in [3.8, 4) is 6.07 Å². The molecule has 2 aliphatic heterocycles. The zero-order chi connectivity index (χ0) is 23.2. The molecule has 2 aromatic carbocycles. The summed E-state index contributed by atoms with van der Waals surface area (Å²) >= 11 is 0. The number of nitrogens with zero attached hydrogens (tertiary/aromatic N) is 5. The third-order valence-corrected chi connectivity index (χ3v) is 7.35. The van der Waals surface area contributed by atoms with Crippen LogP contribution in [0.2, 0.25) is 0 Å². The molecule has 3 heterocycles. The lowest BCUT2D eigenvalue weighted by Gasteiger charge is -2.57. The molecule has 5 rings (SSSR count). The Morgan fingerprint density at radius 1 is 1.15 bits per heavy atom. The SMILES string of the molecule is Cc1c(C#N)cccc1[C@@H](C)Nc1nnc(C)c2ccc(N3CC4(COCCN4C)C3)cc12. The van der Waals surface area contributed by atoms with Crippen LogP contribution in [0.5, 0.6) is 0 Å². The van der Waals surface area contributed by atoms with Gasteiger partial charge in [0, 0.05) is 36.1 Å². The van der Waals surface area contributed by atoms with E-state index in [1.807, 2.05) is 26.0 Å². The maximum absolute atomic E-state index is 9.40. The van der Waals surface area contributed by atoms with E-state index in [2.05, 4.69) is 69.6 Å². The second kappa shape index (κ2) is 8.29. The summed E-state index contributed by atoms with van der Waals surface area (Å²) in [6, 6.07) is 14.7. The molecule has 1 spiro atoms. The number of rotatable bonds is 4. The van der Waals surface area contributed by atoms with E-state index in [-0.39, 0.29) is 11.6 Å². The number of morpholine rings is 1. The van der Waals surface area contributed by atoms with Crippen LogP contribution < -0.4 is 10.2 Å². The number of nitrogens with one attached hydrogen (secondary N) is 1. The average molecular weight is 443 g/mol. The Bertz CT molecular complexity index is 1240. The normalized spacial score (nSPS) is 18.7. The molecular formula is C26H30N6O. The molecule has 2 aliphatic rings. The number of likely N-dealkylation sites (N-methyl/N-ethyl adjacent to an activating group) is 1. The first-order valence-corrected chi connectivity index (χ1v) is 11.5. The third-order valence-electron chi connectivity index (χ3n) is 7.35. The van der Waals surface area contributed by atoms with Crippen molar-refractivity contribution in [2.75, 3.05) is 50.1 Å². The van der Waals surface area contributed by atoms with Gasteiger partial charge in [-0.2, -0.15) is 10.4 Å². The molecular weight excluding hydrogens is 412 g/mol. The molecule has 7 nitrogen and oxygen atoms in total. The molecule has 0 unspecified atom stereocenters. The largest absolute Gasteiger partial charge is 0.378 e. The van der Waals surface area contributed by atoms with Crippen LogP contribution in [-0.4, -0.2) is 60.5 Å². The lowest BCUT2D eigenvalue weighted by Crippen LogP contribution is -2.73. The van der Waals surface area contributed by atoms with Crippen LogP contribution in [-0.2, 0) is 4.74 Å². The Hall–Kier alpha value is -3.21. The first-order chi connectivity index (χ1) is 15.9. The molecule has 0 saturated carbocycles. The van der Waals surface area contributed by atoms with Gasteiger partial charge in [-0.1, -0.05) is 18.2 Å². The summed E-state index contributed by atoms with van der Waals surface area (Å²) in [6.07, 6.45) is 0. The smallest absolute Gasteiger partial charge is 0.157 e. The van der Waals surface area contributed by atoms with E-state index in [1.165, 1.54) is 5.69 Å². The zero-order valence-corrected chi connectivity index (χ0v) is 19.7. The maximum atomic E-state index is 9.40. The standard InChI is InChI=1S/C26H30N6O/c1-17-20(13-27)6-5-7-22(17)18(2)28-25-24-12-21(8-9-23(24)19(3)29-30-25)32-14-26(15-32)16-33-11-10-31(26)4/h5-9,12,18H,10-11,14-16H2,1-4H3,(H,28,30)/t18-/m1/s1. The summed E-state index contributed by atoms with van der Waals surface area (Å²) in [5, 5.41) is 24.0. The van der Waals surface area contributed by atoms with Crippen molar-refractivity contribution in [3.63, 3.8) is 0 Å². The quantitative estimate of drug-likeness (QED) is 0.658. The van der Waals surface area contributed by atoms with E-state index in [9.17, 15) is 5.26 Å². The first-order valence-electron chi connectivity index (χ1n) is 11.5. The fourth-order valence-corrected chi connectivity index (χ4v) is 5.10. The maximum Gasteiger partial charge on any atom is 0.157 e. The monoisotopic (exact) mass is 442 g/mol. The number of hydrogen-bond donors (Lipinski definition) is 1. The van der Waals surface area contributed by atoms with Crippen LogP contribution in [0.15, 0.2) is 36.4 Å². The summed E-state index contributed by atoms with van der Waals surface area (Å²) in [5.41, 5.74) is 5.02. The number of nitriles is 1. The van der Waals surface area contributed by atoms with Gasteiger partial charge in [-0.15, -0.1) is 5.10 Å². The summed E-state index contributed by atoms with van der Waals surface area (Å²) in [7, 11) is 2.20. The summed E-state index contributed by atoms with van der Waals surface area (Å²) < 4.78 is 5.78. The van der Waals surface area contributed by atoms with Gasteiger partial charge < -0.3 is 15.0 Å². The molecule has 7 heteroatoms. The molecule has 2 saturated heterocycles. The summed E-state index contributed by atoms with van der Waals surface area (Å²) in [4.78, 5) is 4.85. The van der Waals surface area contributed by atoms with Crippen LogP contribution in [0.3, 0.4) is 0 Å². The van der Waals surface area contributed by atoms with E-state index < -0.39 is 0 Å². The molecule has 0 aliphatic carbocycles. The van der Waals surface area contributed by atoms with Crippen molar-refractivity contribution in [1.82, 2.24) is 15.1 Å². The second-order valence-electron chi connectivity index (χ2n) is 9.42. The number of anilines is 2. The Morgan fingerprint density at radius 2 is 1.97 bits per heavy atom. The average Bonchev–Trinajstić information content (AvgIpc) is 2.80. The molecule has 3 aromatic rings. The van der Waals surface area contributed by atoms with Crippen molar-refractivity contribution in [3.05, 3.63) is 58.8 Å². The van der Waals surface area contributed by atoms with E-state index in [1.54, 1.807) is 0 Å². The van der Waals surface area contributed by atoms with Gasteiger partial charge in [0.1, 0.15) is 0 Å². The molecule has 1 atom stereocenters. The minimum atomic E-state index is -0.0116. The van der Waals surface area contributed by atoms with E-state index in [4.69, 9.17) is 4.74 Å². The Labute approximate surface area is 195 Å². The highest BCUT2D eigenvalue weighted by atomic mass is 16.5. The van der Waals surface area contributed by atoms with Crippen molar-refractivity contribution >= 4 is 22.3 Å². The Morgan fingerprint density at radius 3 is 2.73 bits per heavy atom. The van der Waals surface area contributed by atoms with Gasteiger partial charge >= 0.3 is 0 Å². The molecule has 170 valence electrons.